The van der Waals surface area contributed by atoms with Crippen LogP contribution in [0, 0.1) is 0 Å². The SMILES string of the molecule is FC(F)(F)c1cn(-c2ccc(S)cc2)c(-c2cccc(Cl)c2)n1. The molecule has 0 saturated carbocycles. The number of hydrogen-bond acceptors (Lipinski definition) is 2. The van der Waals surface area contributed by atoms with E-state index in [1.165, 1.54) is 4.57 Å². The van der Waals surface area contributed by atoms with E-state index in [0.717, 1.165) is 6.20 Å². The van der Waals surface area contributed by atoms with Gasteiger partial charge in [0.1, 0.15) is 5.82 Å². The predicted octanol–water partition coefficient (Wildman–Crippen LogP) is 5.50. The average Bonchev–Trinajstić information content (AvgIpc) is 2.93. The van der Waals surface area contributed by atoms with Crippen LogP contribution in [0.1, 0.15) is 5.69 Å². The summed E-state index contributed by atoms with van der Waals surface area (Å²) < 4.78 is 40.5. The zero-order valence-electron chi connectivity index (χ0n) is 11.5. The van der Waals surface area contributed by atoms with Gasteiger partial charge in [-0.05, 0) is 36.4 Å². The highest BCUT2D eigenvalue weighted by Gasteiger charge is 2.35. The Balaban J connectivity index is 2.21. The molecule has 7 heteroatoms. The second kappa shape index (κ2) is 5.94. The van der Waals surface area contributed by atoms with Crippen molar-refractivity contribution < 1.29 is 13.2 Å². The first-order valence-electron chi connectivity index (χ1n) is 6.56. The Bertz CT molecular complexity index is 841. The summed E-state index contributed by atoms with van der Waals surface area (Å²) in [4.78, 5) is 4.47. The van der Waals surface area contributed by atoms with Crippen molar-refractivity contribution >= 4 is 24.2 Å². The van der Waals surface area contributed by atoms with Crippen molar-refractivity contribution in [2.24, 2.45) is 0 Å². The normalized spacial score (nSPS) is 11.7. The molecule has 1 aromatic heterocycles. The van der Waals surface area contributed by atoms with Gasteiger partial charge in [0.15, 0.2) is 5.69 Å². The molecule has 0 aliphatic carbocycles. The van der Waals surface area contributed by atoms with Crippen molar-refractivity contribution in [2.45, 2.75) is 11.1 Å². The van der Waals surface area contributed by atoms with Crippen molar-refractivity contribution in [2.75, 3.05) is 0 Å². The first-order chi connectivity index (χ1) is 10.8. The van der Waals surface area contributed by atoms with E-state index in [2.05, 4.69) is 17.6 Å². The van der Waals surface area contributed by atoms with Gasteiger partial charge in [-0.1, -0.05) is 23.7 Å². The summed E-state index contributed by atoms with van der Waals surface area (Å²) in [6, 6.07) is 13.3. The number of nitrogens with zero attached hydrogens (tertiary/aromatic N) is 2. The molecule has 0 saturated heterocycles. The van der Waals surface area contributed by atoms with Crippen LogP contribution in [-0.2, 0) is 6.18 Å². The number of rotatable bonds is 2. The van der Waals surface area contributed by atoms with Gasteiger partial charge in [-0.25, -0.2) is 4.98 Å². The van der Waals surface area contributed by atoms with Crippen molar-refractivity contribution in [3.63, 3.8) is 0 Å². The topological polar surface area (TPSA) is 17.8 Å². The Morgan fingerprint density at radius 2 is 1.74 bits per heavy atom. The zero-order chi connectivity index (χ0) is 16.6. The Hall–Kier alpha value is -1.92. The van der Waals surface area contributed by atoms with Crippen molar-refractivity contribution in [1.82, 2.24) is 9.55 Å². The number of thiol groups is 1. The predicted molar refractivity (Wildman–Crippen MR) is 86.3 cm³/mol. The first kappa shape index (κ1) is 16.0. The monoisotopic (exact) mass is 354 g/mol. The molecule has 23 heavy (non-hydrogen) atoms. The highest BCUT2D eigenvalue weighted by molar-refractivity contribution is 7.80. The Morgan fingerprint density at radius 1 is 1.04 bits per heavy atom. The molecule has 2 nitrogen and oxygen atoms in total. The molecule has 118 valence electrons. The van der Waals surface area contributed by atoms with Gasteiger partial charge in [0.2, 0.25) is 0 Å². The molecule has 2 aromatic carbocycles. The first-order valence-corrected chi connectivity index (χ1v) is 7.39. The molecule has 0 fully saturated rings. The lowest BCUT2D eigenvalue weighted by Gasteiger charge is -2.08. The molecule has 3 rings (SSSR count). The minimum Gasteiger partial charge on any atom is -0.299 e. The number of hydrogen-bond donors (Lipinski definition) is 1. The van der Waals surface area contributed by atoms with Crippen LogP contribution >= 0.6 is 24.2 Å². The molecule has 0 amide bonds. The van der Waals surface area contributed by atoms with E-state index in [-0.39, 0.29) is 5.82 Å². The van der Waals surface area contributed by atoms with Crippen LogP contribution in [0.5, 0.6) is 0 Å². The molecule has 0 aliphatic heterocycles. The summed E-state index contributed by atoms with van der Waals surface area (Å²) in [7, 11) is 0. The summed E-state index contributed by atoms with van der Waals surface area (Å²) >= 11 is 10.1. The molecular formula is C16H10ClF3N2S. The molecule has 0 aliphatic rings. The van der Waals surface area contributed by atoms with Crippen LogP contribution < -0.4 is 0 Å². The van der Waals surface area contributed by atoms with Gasteiger partial charge in [-0.2, -0.15) is 13.2 Å². The maximum Gasteiger partial charge on any atom is 0.434 e. The quantitative estimate of drug-likeness (QED) is 0.601. The maximum absolute atomic E-state index is 13.0. The Kier molecular flexibility index (Phi) is 4.12. The summed E-state index contributed by atoms with van der Waals surface area (Å²) in [6.45, 7) is 0. The summed E-state index contributed by atoms with van der Waals surface area (Å²) in [6.07, 6.45) is -3.55. The van der Waals surface area contributed by atoms with E-state index in [1.807, 2.05) is 0 Å². The lowest BCUT2D eigenvalue weighted by molar-refractivity contribution is -0.140. The van der Waals surface area contributed by atoms with E-state index in [1.54, 1.807) is 48.5 Å². The molecular weight excluding hydrogens is 345 g/mol. The molecule has 0 N–H and O–H groups in total. The number of halogens is 4. The number of benzene rings is 2. The fourth-order valence-corrected chi connectivity index (χ4v) is 2.50. The lowest BCUT2D eigenvalue weighted by Crippen LogP contribution is -2.04. The van der Waals surface area contributed by atoms with Crippen molar-refractivity contribution in [3.05, 3.63) is 65.4 Å². The second-order valence-electron chi connectivity index (χ2n) is 4.84. The van der Waals surface area contributed by atoms with Gasteiger partial charge in [0.25, 0.3) is 0 Å². The van der Waals surface area contributed by atoms with E-state index in [4.69, 9.17) is 11.6 Å². The van der Waals surface area contributed by atoms with Gasteiger partial charge in [-0.15, -0.1) is 12.6 Å². The van der Waals surface area contributed by atoms with E-state index < -0.39 is 11.9 Å². The van der Waals surface area contributed by atoms with Crippen LogP contribution in [-0.4, -0.2) is 9.55 Å². The fraction of sp³-hybridized carbons (Fsp3) is 0.0625. The van der Waals surface area contributed by atoms with E-state index >= 15 is 0 Å². The van der Waals surface area contributed by atoms with Crippen LogP contribution in [0.3, 0.4) is 0 Å². The number of alkyl halides is 3. The smallest absolute Gasteiger partial charge is 0.299 e. The molecule has 3 aromatic rings. The Labute approximate surface area is 141 Å². The van der Waals surface area contributed by atoms with Gasteiger partial charge < -0.3 is 0 Å². The van der Waals surface area contributed by atoms with Crippen LogP contribution in [0.25, 0.3) is 17.1 Å². The molecule has 0 spiro atoms. The van der Waals surface area contributed by atoms with Gasteiger partial charge >= 0.3 is 6.18 Å². The third-order valence-corrected chi connectivity index (χ3v) is 3.74. The van der Waals surface area contributed by atoms with E-state index in [9.17, 15) is 13.2 Å². The third kappa shape index (κ3) is 3.38. The van der Waals surface area contributed by atoms with Crippen molar-refractivity contribution in [1.29, 1.82) is 0 Å². The summed E-state index contributed by atoms with van der Waals surface area (Å²) in [5.74, 6) is 0.173. The van der Waals surface area contributed by atoms with Gasteiger partial charge in [-0.3, -0.25) is 4.57 Å². The van der Waals surface area contributed by atoms with Gasteiger partial charge in [0.05, 0.1) is 0 Å². The molecule has 0 atom stereocenters. The summed E-state index contributed by atoms with van der Waals surface area (Å²) in [5, 5.41) is 0.427. The molecule has 0 unspecified atom stereocenters. The highest BCUT2D eigenvalue weighted by Crippen LogP contribution is 2.33. The lowest BCUT2D eigenvalue weighted by atomic mass is 10.2. The number of imidazole rings is 1. The van der Waals surface area contributed by atoms with E-state index in [0.29, 0.717) is 21.2 Å². The van der Waals surface area contributed by atoms with Crippen LogP contribution in [0.2, 0.25) is 5.02 Å². The zero-order valence-corrected chi connectivity index (χ0v) is 13.2. The Morgan fingerprint density at radius 3 is 2.35 bits per heavy atom. The molecule has 0 bridgehead atoms. The molecule has 0 radical (unpaired) electrons. The van der Waals surface area contributed by atoms with Crippen LogP contribution in [0.15, 0.2) is 59.6 Å². The average molecular weight is 355 g/mol. The van der Waals surface area contributed by atoms with Crippen molar-refractivity contribution in [3.8, 4) is 17.1 Å². The third-order valence-electron chi connectivity index (χ3n) is 3.21. The highest BCUT2D eigenvalue weighted by atomic mass is 35.5. The van der Waals surface area contributed by atoms with Gasteiger partial charge in [0, 0.05) is 27.4 Å². The van der Waals surface area contributed by atoms with Crippen LogP contribution in [0.4, 0.5) is 13.2 Å². The number of aromatic nitrogens is 2. The maximum atomic E-state index is 13.0. The molecule has 1 heterocycles. The second-order valence-corrected chi connectivity index (χ2v) is 5.80. The summed E-state index contributed by atoms with van der Waals surface area (Å²) in [5.41, 5.74) is 0.103. The minimum absolute atomic E-state index is 0.173. The standard InChI is InChI=1S/C16H10ClF3N2S/c17-11-3-1-2-10(8-11)15-21-14(16(18,19)20)9-22(15)12-4-6-13(23)7-5-12/h1-9,23H. The largest absolute Gasteiger partial charge is 0.434 e. The minimum atomic E-state index is -4.53. The fourth-order valence-electron chi connectivity index (χ4n) is 2.16.